The monoisotopic (exact) mass is 209 g/mol. The summed E-state index contributed by atoms with van der Waals surface area (Å²) in [7, 11) is 1.65. The number of hydrogen-bond donors (Lipinski definition) is 1. The fourth-order valence-corrected chi connectivity index (χ4v) is 1.81. The third-order valence-electron chi connectivity index (χ3n) is 1.92. The Morgan fingerprint density at radius 2 is 2.14 bits per heavy atom. The van der Waals surface area contributed by atoms with E-state index < -0.39 is 0 Å². The standard InChI is InChI=1S/C9H11N3OS/c1-13-8-4-2-7(3-5-8)12-6-14-9(10)11-12/h2-5H,6H2,1H3,(H2,10,11). The van der Waals surface area contributed by atoms with Crippen LogP contribution in [0.4, 0.5) is 5.69 Å². The smallest absolute Gasteiger partial charge is 0.180 e. The van der Waals surface area contributed by atoms with Crippen LogP contribution in [0.5, 0.6) is 5.75 Å². The summed E-state index contributed by atoms with van der Waals surface area (Å²) >= 11 is 1.53. The first kappa shape index (κ1) is 9.21. The first-order valence-corrected chi connectivity index (χ1v) is 5.16. The number of hydrogen-bond acceptors (Lipinski definition) is 5. The van der Waals surface area contributed by atoms with Crippen LogP contribution in [0.2, 0.25) is 0 Å². The second-order valence-corrected chi connectivity index (χ2v) is 3.77. The van der Waals surface area contributed by atoms with Crippen molar-refractivity contribution in [1.82, 2.24) is 0 Å². The summed E-state index contributed by atoms with van der Waals surface area (Å²) in [5.41, 5.74) is 6.59. The minimum atomic E-state index is 0.612. The van der Waals surface area contributed by atoms with E-state index in [0.29, 0.717) is 5.17 Å². The van der Waals surface area contributed by atoms with Crippen molar-refractivity contribution in [3.05, 3.63) is 24.3 Å². The van der Waals surface area contributed by atoms with Crippen molar-refractivity contribution < 1.29 is 4.74 Å². The normalized spacial score (nSPS) is 15.5. The lowest BCUT2D eigenvalue weighted by Gasteiger charge is -2.12. The molecule has 14 heavy (non-hydrogen) atoms. The predicted molar refractivity (Wildman–Crippen MR) is 59.6 cm³/mol. The summed E-state index contributed by atoms with van der Waals surface area (Å²) in [4.78, 5) is 0. The van der Waals surface area contributed by atoms with Crippen LogP contribution in [0, 0.1) is 0 Å². The van der Waals surface area contributed by atoms with Gasteiger partial charge in [0.2, 0.25) is 0 Å². The third-order valence-corrected chi connectivity index (χ3v) is 2.68. The Labute approximate surface area is 86.7 Å². The van der Waals surface area contributed by atoms with E-state index in [1.165, 1.54) is 11.8 Å². The lowest BCUT2D eigenvalue weighted by Crippen LogP contribution is -2.10. The molecule has 2 N–H and O–H groups in total. The van der Waals surface area contributed by atoms with Crippen molar-refractivity contribution in [3.63, 3.8) is 0 Å². The number of hydrazone groups is 1. The molecule has 1 aromatic rings. The Morgan fingerprint density at radius 1 is 1.43 bits per heavy atom. The zero-order chi connectivity index (χ0) is 9.97. The van der Waals surface area contributed by atoms with Crippen LogP contribution in [0.15, 0.2) is 29.4 Å². The van der Waals surface area contributed by atoms with Gasteiger partial charge < -0.3 is 10.5 Å². The number of rotatable bonds is 2. The Bertz CT molecular complexity index is 350. The average molecular weight is 209 g/mol. The molecule has 0 bridgehead atoms. The average Bonchev–Trinajstić information content (AvgIpc) is 2.65. The number of thioether (sulfide) groups is 1. The van der Waals surface area contributed by atoms with Gasteiger partial charge >= 0.3 is 0 Å². The summed E-state index contributed by atoms with van der Waals surface area (Å²) in [6.45, 7) is 0. The first-order chi connectivity index (χ1) is 6.79. The molecule has 0 unspecified atom stereocenters. The summed E-state index contributed by atoms with van der Waals surface area (Å²) in [5.74, 6) is 1.62. The van der Waals surface area contributed by atoms with Crippen molar-refractivity contribution in [2.45, 2.75) is 0 Å². The van der Waals surface area contributed by atoms with Gasteiger partial charge in [0.05, 0.1) is 18.7 Å². The molecule has 0 saturated heterocycles. The highest BCUT2D eigenvalue weighted by molar-refractivity contribution is 8.14. The minimum absolute atomic E-state index is 0.612. The van der Waals surface area contributed by atoms with Crippen molar-refractivity contribution in [2.24, 2.45) is 10.8 Å². The second-order valence-electron chi connectivity index (χ2n) is 2.81. The molecule has 0 spiro atoms. The summed E-state index contributed by atoms with van der Waals surface area (Å²) in [6, 6.07) is 7.73. The number of amidine groups is 1. The van der Waals surface area contributed by atoms with E-state index in [2.05, 4.69) is 5.10 Å². The molecule has 1 aromatic carbocycles. The molecule has 1 aliphatic rings. The zero-order valence-corrected chi connectivity index (χ0v) is 8.62. The number of nitrogens with two attached hydrogens (primary N) is 1. The van der Waals surface area contributed by atoms with E-state index in [4.69, 9.17) is 10.5 Å². The largest absolute Gasteiger partial charge is 0.497 e. The Kier molecular flexibility index (Phi) is 2.49. The van der Waals surface area contributed by atoms with Gasteiger partial charge in [-0.3, -0.25) is 5.01 Å². The summed E-state index contributed by atoms with van der Waals surface area (Å²) in [5, 5.41) is 6.64. The maximum atomic E-state index is 5.57. The third kappa shape index (κ3) is 1.77. The molecule has 1 aliphatic heterocycles. The van der Waals surface area contributed by atoms with E-state index >= 15 is 0 Å². The molecule has 0 fully saturated rings. The number of ether oxygens (including phenoxy) is 1. The van der Waals surface area contributed by atoms with Gasteiger partial charge in [-0.05, 0) is 24.3 Å². The molecule has 0 aromatic heterocycles. The van der Waals surface area contributed by atoms with Gasteiger partial charge in [0, 0.05) is 0 Å². The van der Waals surface area contributed by atoms with Crippen molar-refractivity contribution >= 4 is 22.6 Å². The van der Waals surface area contributed by atoms with Crippen LogP contribution in [-0.4, -0.2) is 18.2 Å². The van der Waals surface area contributed by atoms with Crippen LogP contribution in [0.3, 0.4) is 0 Å². The lowest BCUT2D eigenvalue weighted by atomic mass is 10.3. The van der Waals surface area contributed by atoms with Gasteiger partial charge in [0.15, 0.2) is 5.17 Å². The van der Waals surface area contributed by atoms with E-state index in [9.17, 15) is 0 Å². The Hall–Kier alpha value is -1.36. The van der Waals surface area contributed by atoms with Gasteiger partial charge in [0.25, 0.3) is 0 Å². The summed E-state index contributed by atoms with van der Waals surface area (Å²) in [6.07, 6.45) is 0. The quantitative estimate of drug-likeness (QED) is 0.800. The van der Waals surface area contributed by atoms with Crippen LogP contribution in [0.25, 0.3) is 0 Å². The highest BCUT2D eigenvalue weighted by atomic mass is 32.2. The maximum Gasteiger partial charge on any atom is 0.180 e. The zero-order valence-electron chi connectivity index (χ0n) is 7.80. The second kappa shape index (κ2) is 3.79. The molecular formula is C9H11N3OS. The highest BCUT2D eigenvalue weighted by Crippen LogP contribution is 2.24. The van der Waals surface area contributed by atoms with Gasteiger partial charge in [0.1, 0.15) is 5.75 Å². The molecule has 0 radical (unpaired) electrons. The van der Waals surface area contributed by atoms with Gasteiger partial charge in [-0.15, -0.1) is 5.10 Å². The Morgan fingerprint density at radius 3 is 2.64 bits per heavy atom. The van der Waals surface area contributed by atoms with Gasteiger partial charge in [-0.2, -0.15) is 0 Å². The maximum absolute atomic E-state index is 5.57. The lowest BCUT2D eigenvalue weighted by molar-refractivity contribution is 0.415. The number of nitrogens with zero attached hydrogens (tertiary/aromatic N) is 2. The molecule has 5 heteroatoms. The van der Waals surface area contributed by atoms with Crippen molar-refractivity contribution in [2.75, 3.05) is 18.0 Å². The number of methoxy groups -OCH3 is 1. The van der Waals surface area contributed by atoms with E-state index in [0.717, 1.165) is 17.3 Å². The fourth-order valence-electron chi connectivity index (χ4n) is 1.19. The molecule has 0 aliphatic carbocycles. The molecule has 2 rings (SSSR count). The van der Waals surface area contributed by atoms with E-state index in [-0.39, 0.29) is 0 Å². The topological polar surface area (TPSA) is 50.9 Å². The fraction of sp³-hybridized carbons (Fsp3) is 0.222. The molecule has 0 saturated carbocycles. The molecule has 74 valence electrons. The first-order valence-electron chi connectivity index (χ1n) is 4.18. The van der Waals surface area contributed by atoms with Crippen LogP contribution < -0.4 is 15.5 Å². The number of benzene rings is 1. The molecule has 4 nitrogen and oxygen atoms in total. The molecule has 0 amide bonds. The van der Waals surface area contributed by atoms with Crippen LogP contribution >= 0.6 is 11.8 Å². The van der Waals surface area contributed by atoms with Crippen LogP contribution in [-0.2, 0) is 0 Å². The highest BCUT2D eigenvalue weighted by Gasteiger charge is 2.13. The molecule has 0 atom stereocenters. The van der Waals surface area contributed by atoms with Crippen LogP contribution in [0.1, 0.15) is 0 Å². The van der Waals surface area contributed by atoms with Gasteiger partial charge in [-0.1, -0.05) is 11.8 Å². The number of anilines is 1. The van der Waals surface area contributed by atoms with Crippen molar-refractivity contribution in [3.8, 4) is 5.75 Å². The predicted octanol–water partition coefficient (Wildman–Crippen LogP) is 1.44. The van der Waals surface area contributed by atoms with E-state index in [1.807, 2.05) is 29.3 Å². The minimum Gasteiger partial charge on any atom is -0.497 e. The SMILES string of the molecule is COc1ccc(N2CSC(N)=N2)cc1. The summed E-state index contributed by atoms with van der Waals surface area (Å²) < 4.78 is 5.07. The molecule has 1 heterocycles. The van der Waals surface area contributed by atoms with E-state index in [1.54, 1.807) is 7.11 Å². The Balaban J connectivity index is 2.17. The molecular weight excluding hydrogens is 198 g/mol. The van der Waals surface area contributed by atoms with Crippen molar-refractivity contribution in [1.29, 1.82) is 0 Å². The van der Waals surface area contributed by atoms with Gasteiger partial charge in [-0.25, -0.2) is 0 Å².